The van der Waals surface area contributed by atoms with Gasteiger partial charge in [-0.1, -0.05) is 62.7 Å². The summed E-state index contributed by atoms with van der Waals surface area (Å²) in [5.41, 5.74) is 5.31. The van der Waals surface area contributed by atoms with Gasteiger partial charge in [0.15, 0.2) is 0 Å². The molecule has 0 spiro atoms. The van der Waals surface area contributed by atoms with E-state index in [0.29, 0.717) is 24.6 Å². The average Bonchev–Trinajstić information content (AvgIpc) is 3.28. The van der Waals surface area contributed by atoms with Crippen LogP contribution in [0, 0.1) is 6.92 Å². The minimum absolute atomic E-state index is 0.0510. The highest BCUT2D eigenvalue weighted by atomic mass is 32.2. The molecule has 1 aromatic heterocycles. The number of rotatable bonds is 6. The van der Waals surface area contributed by atoms with Crippen LogP contribution in [0.5, 0.6) is 0 Å². The van der Waals surface area contributed by atoms with Gasteiger partial charge >= 0.3 is 0 Å². The standard InChI is InChI=1S/C31H35N3O4S/c1-20-6-5-7-21(18-20)28-26-19-24(34-39(36,37)25-11-8-22(9-12-25)31(2,3)4)10-13-27(26)33-29(28)30(35)32-23-14-16-38-17-15-23/h5-13,18-19,23,33-34H,14-17H2,1-4H3,(H,32,35). The Morgan fingerprint density at radius 2 is 1.69 bits per heavy atom. The van der Waals surface area contributed by atoms with Gasteiger partial charge in [-0.15, -0.1) is 0 Å². The van der Waals surface area contributed by atoms with Gasteiger partial charge in [0.1, 0.15) is 5.69 Å². The van der Waals surface area contributed by atoms with E-state index >= 15 is 0 Å². The molecule has 1 fully saturated rings. The molecule has 3 N–H and O–H groups in total. The third-order valence-electron chi connectivity index (χ3n) is 7.17. The number of benzene rings is 3. The van der Waals surface area contributed by atoms with Crippen LogP contribution in [0.15, 0.2) is 71.6 Å². The number of nitrogens with one attached hydrogen (secondary N) is 3. The Hall–Kier alpha value is -3.62. The number of carbonyl (C=O) groups is 1. The lowest BCUT2D eigenvalue weighted by Crippen LogP contribution is -2.39. The molecule has 0 atom stereocenters. The Morgan fingerprint density at radius 3 is 2.36 bits per heavy atom. The number of fused-ring (bicyclic) bond motifs is 1. The van der Waals surface area contributed by atoms with E-state index in [1.54, 1.807) is 30.3 Å². The molecule has 8 heteroatoms. The molecule has 4 aromatic rings. The van der Waals surface area contributed by atoms with Crippen molar-refractivity contribution in [2.24, 2.45) is 0 Å². The van der Waals surface area contributed by atoms with Crippen LogP contribution in [-0.4, -0.2) is 38.6 Å². The first-order valence-corrected chi connectivity index (χ1v) is 14.7. The smallest absolute Gasteiger partial charge is 0.268 e. The monoisotopic (exact) mass is 545 g/mol. The van der Waals surface area contributed by atoms with Crippen molar-refractivity contribution in [3.05, 3.63) is 83.6 Å². The van der Waals surface area contributed by atoms with Crippen molar-refractivity contribution < 1.29 is 17.9 Å². The van der Waals surface area contributed by atoms with E-state index in [4.69, 9.17) is 4.74 Å². The largest absolute Gasteiger partial charge is 0.381 e. The topological polar surface area (TPSA) is 100 Å². The summed E-state index contributed by atoms with van der Waals surface area (Å²) in [4.78, 5) is 17.0. The van der Waals surface area contributed by atoms with E-state index in [0.717, 1.165) is 46.0 Å². The van der Waals surface area contributed by atoms with E-state index in [2.05, 4.69) is 35.8 Å². The van der Waals surface area contributed by atoms with Crippen molar-refractivity contribution in [1.82, 2.24) is 10.3 Å². The van der Waals surface area contributed by atoms with E-state index in [1.807, 2.05) is 43.3 Å². The quantitative estimate of drug-likeness (QED) is 0.271. The molecule has 0 saturated carbocycles. The molecule has 0 radical (unpaired) electrons. The Bertz CT molecular complexity index is 1610. The van der Waals surface area contributed by atoms with Gasteiger partial charge in [-0.2, -0.15) is 0 Å². The number of anilines is 1. The molecule has 204 valence electrons. The van der Waals surface area contributed by atoms with Crippen molar-refractivity contribution >= 4 is 32.5 Å². The summed E-state index contributed by atoms with van der Waals surface area (Å²) in [6.45, 7) is 9.53. The van der Waals surface area contributed by atoms with Gasteiger partial charge < -0.3 is 15.0 Å². The minimum Gasteiger partial charge on any atom is -0.381 e. The van der Waals surface area contributed by atoms with Gasteiger partial charge in [0.2, 0.25) is 0 Å². The van der Waals surface area contributed by atoms with E-state index in [1.165, 1.54) is 0 Å². The normalized spacial score (nSPS) is 14.9. The lowest BCUT2D eigenvalue weighted by atomic mass is 9.87. The number of aromatic nitrogens is 1. The predicted octanol–water partition coefficient (Wildman–Crippen LogP) is 6.15. The van der Waals surface area contributed by atoms with Crippen LogP contribution in [0.3, 0.4) is 0 Å². The summed E-state index contributed by atoms with van der Waals surface area (Å²) >= 11 is 0. The number of carbonyl (C=O) groups excluding carboxylic acids is 1. The molecular weight excluding hydrogens is 510 g/mol. The number of sulfonamides is 1. The summed E-state index contributed by atoms with van der Waals surface area (Å²) in [5.74, 6) is -0.185. The van der Waals surface area contributed by atoms with Crippen LogP contribution >= 0.6 is 0 Å². The zero-order valence-electron chi connectivity index (χ0n) is 22.8. The summed E-state index contributed by atoms with van der Waals surface area (Å²) in [7, 11) is -3.81. The number of ether oxygens (including phenoxy) is 1. The fourth-order valence-electron chi connectivity index (χ4n) is 4.97. The van der Waals surface area contributed by atoms with Crippen molar-refractivity contribution in [3.8, 4) is 11.1 Å². The highest BCUT2D eigenvalue weighted by Gasteiger charge is 2.24. The van der Waals surface area contributed by atoms with Gasteiger partial charge in [0.05, 0.1) is 4.90 Å². The highest BCUT2D eigenvalue weighted by Crippen LogP contribution is 2.35. The molecule has 3 aromatic carbocycles. The first-order chi connectivity index (χ1) is 18.5. The van der Waals surface area contributed by atoms with Gasteiger partial charge in [0.25, 0.3) is 15.9 Å². The fraction of sp³-hybridized carbons (Fsp3) is 0.323. The van der Waals surface area contributed by atoms with Crippen LogP contribution in [0.4, 0.5) is 5.69 Å². The zero-order valence-corrected chi connectivity index (χ0v) is 23.6. The van der Waals surface area contributed by atoms with Crippen LogP contribution < -0.4 is 10.0 Å². The first-order valence-electron chi connectivity index (χ1n) is 13.3. The number of amides is 1. The third kappa shape index (κ3) is 5.87. The second-order valence-corrected chi connectivity index (χ2v) is 12.9. The highest BCUT2D eigenvalue weighted by molar-refractivity contribution is 7.92. The maximum Gasteiger partial charge on any atom is 0.268 e. The molecule has 1 saturated heterocycles. The average molecular weight is 546 g/mol. The first kappa shape index (κ1) is 27.0. The van der Waals surface area contributed by atoms with E-state index in [-0.39, 0.29) is 22.3 Å². The number of H-pyrrole nitrogens is 1. The lowest BCUT2D eigenvalue weighted by Gasteiger charge is -2.23. The molecule has 0 unspecified atom stereocenters. The third-order valence-corrected chi connectivity index (χ3v) is 8.57. The molecule has 1 aliphatic heterocycles. The van der Waals surface area contributed by atoms with Crippen molar-refractivity contribution in [1.29, 1.82) is 0 Å². The number of hydrogen-bond acceptors (Lipinski definition) is 4. The summed E-state index contributed by atoms with van der Waals surface area (Å²) in [6.07, 6.45) is 1.54. The van der Waals surface area contributed by atoms with Gasteiger partial charge in [-0.25, -0.2) is 8.42 Å². The van der Waals surface area contributed by atoms with Crippen molar-refractivity contribution in [2.75, 3.05) is 17.9 Å². The second kappa shape index (κ2) is 10.5. The lowest BCUT2D eigenvalue weighted by molar-refractivity contribution is 0.0695. The summed E-state index contributed by atoms with van der Waals surface area (Å²) < 4.78 is 34.6. The van der Waals surface area contributed by atoms with Crippen LogP contribution in [0.1, 0.15) is 55.2 Å². The van der Waals surface area contributed by atoms with Crippen LogP contribution in [0.25, 0.3) is 22.0 Å². The zero-order chi connectivity index (χ0) is 27.8. The van der Waals surface area contributed by atoms with Gasteiger partial charge in [0, 0.05) is 41.4 Å². The van der Waals surface area contributed by atoms with Crippen molar-refractivity contribution in [3.63, 3.8) is 0 Å². The molecule has 39 heavy (non-hydrogen) atoms. The van der Waals surface area contributed by atoms with Gasteiger partial charge in [-0.05, 0) is 66.6 Å². The number of hydrogen-bond donors (Lipinski definition) is 3. The Morgan fingerprint density at radius 1 is 0.974 bits per heavy atom. The van der Waals surface area contributed by atoms with Crippen LogP contribution in [-0.2, 0) is 20.2 Å². The predicted molar refractivity (Wildman–Crippen MR) is 156 cm³/mol. The number of aromatic amines is 1. The molecule has 5 rings (SSSR count). The molecule has 1 amide bonds. The van der Waals surface area contributed by atoms with Crippen molar-refractivity contribution in [2.45, 2.75) is 56.9 Å². The second-order valence-electron chi connectivity index (χ2n) is 11.2. The van der Waals surface area contributed by atoms with E-state index in [9.17, 15) is 13.2 Å². The molecule has 1 aliphatic rings. The molecule has 0 aliphatic carbocycles. The molecule has 2 heterocycles. The Balaban J connectivity index is 1.52. The summed E-state index contributed by atoms with van der Waals surface area (Å²) in [5, 5.41) is 3.91. The summed E-state index contributed by atoms with van der Waals surface area (Å²) in [6, 6.07) is 20.3. The Labute approximate surface area is 230 Å². The molecule has 7 nitrogen and oxygen atoms in total. The maximum atomic E-state index is 13.5. The number of aryl methyl sites for hydroxylation is 1. The SMILES string of the molecule is Cc1cccc(-c2c(C(=O)NC3CCOCC3)[nH]c3ccc(NS(=O)(=O)c4ccc(C(C)(C)C)cc4)cc23)c1. The van der Waals surface area contributed by atoms with Crippen LogP contribution in [0.2, 0.25) is 0 Å². The van der Waals surface area contributed by atoms with Gasteiger partial charge in [-0.3, -0.25) is 9.52 Å². The van der Waals surface area contributed by atoms with E-state index < -0.39 is 10.0 Å². The molecular formula is C31H35N3O4S. The molecule has 0 bridgehead atoms. The fourth-order valence-corrected chi connectivity index (χ4v) is 6.02. The Kier molecular flexibility index (Phi) is 7.27. The minimum atomic E-state index is -3.81. The maximum absolute atomic E-state index is 13.5.